The Labute approximate surface area is 105 Å². The lowest BCUT2D eigenvalue weighted by Crippen LogP contribution is -2.11. The number of rotatable bonds is 3. The van der Waals surface area contributed by atoms with Crippen molar-refractivity contribution in [3.05, 3.63) is 36.0 Å². The van der Waals surface area contributed by atoms with Gasteiger partial charge in [-0.1, -0.05) is 32.0 Å². The molecule has 0 bridgehead atoms. The average Bonchev–Trinajstić information content (AvgIpc) is 2.36. The molecule has 0 aliphatic rings. The van der Waals surface area contributed by atoms with E-state index in [0.717, 1.165) is 5.39 Å². The van der Waals surface area contributed by atoms with Crippen LogP contribution in [0.2, 0.25) is 0 Å². The molecule has 0 saturated carbocycles. The molecule has 0 radical (unpaired) electrons. The van der Waals surface area contributed by atoms with E-state index in [2.05, 4.69) is 4.98 Å². The van der Waals surface area contributed by atoms with Crippen LogP contribution in [0.4, 0.5) is 0 Å². The molecule has 0 unspecified atom stereocenters. The van der Waals surface area contributed by atoms with Gasteiger partial charge in [0.25, 0.3) is 0 Å². The minimum absolute atomic E-state index is 0.126. The highest BCUT2D eigenvalue weighted by atomic mass is 16.5. The van der Waals surface area contributed by atoms with E-state index in [9.17, 15) is 9.90 Å². The van der Waals surface area contributed by atoms with E-state index in [-0.39, 0.29) is 24.2 Å². The summed E-state index contributed by atoms with van der Waals surface area (Å²) >= 11 is 0. The van der Waals surface area contributed by atoms with Gasteiger partial charge in [-0.3, -0.25) is 4.79 Å². The summed E-state index contributed by atoms with van der Waals surface area (Å²) in [7, 11) is 0. The number of carbonyl (C=O) groups is 1. The number of hydrogen-bond donors (Lipinski definition) is 1. The number of ether oxygens (including phenoxy) is 1. The third kappa shape index (κ3) is 2.59. The van der Waals surface area contributed by atoms with Crippen molar-refractivity contribution in [2.45, 2.75) is 20.5 Å². The maximum atomic E-state index is 11.3. The lowest BCUT2D eigenvalue weighted by molar-refractivity contribution is -0.148. The Hall–Kier alpha value is -2.10. The third-order valence-electron chi connectivity index (χ3n) is 2.59. The van der Waals surface area contributed by atoms with Crippen molar-refractivity contribution in [3.63, 3.8) is 0 Å². The molecule has 1 heterocycles. The van der Waals surface area contributed by atoms with Crippen LogP contribution < -0.4 is 0 Å². The first-order valence-corrected chi connectivity index (χ1v) is 5.82. The van der Waals surface area contributed by atoms with Gasteiger partial charge in [0, 0.05) is 5.39 Å². The monoisotopic (exact) mass is 245 g/mol. The van der Waals surface area contributed by atoms with Crippen LogP contribution in [0.15, 0.2) is 30.3 Å². The van der Waals surface area contributed by atoms with E-state index in [1.54, 1.807) is 32.0 Å². The molecule has 0 fully saturated rings. The van der Waals surface area contributed by atoms with Gasteiger partial charge < -0.3 is 9.84 Å². The SMILES string of the molecule is CC(C)C(=O)OCc1ccc2cccc(O)c2n1. The van der Waals surface area contributed by atoms with Crippen LogP contribution in [-0.4, -0.2) is 16.1 Å². The summed E-state index contributed by atoms with van der Waals surface area (Å²) in [5.41, 5.74) is 1.15. The number of fused-ring (bicyclic) bond motifs is 1. The van der Waals surface area contributed by atoms with Gasteiger partial charge in [0.05, 0.1) is 11.6 Å². The number of esters is 1. The van der Waals surface area contributed by atoms with Crippen LogP contribution in [0.5, 0.6) is 5.75 Å². The van der Waals surface area contributed by atoms with Crippen molar-refractivity contribution in [1.82, 2.24) is 4.98 Å². The Kier molecular flexibility index (Phi) is 3.46. The standard InChI is InChI=1S/C14H15NO3/c1-9(2)14(17)18-8-11-7-6-10-4-3-5-12(16)13(10)15-11/h3-7,9,16H,8H2,1-2H3. The number of phenolic OH excluding ortho intramolecular Hbond substituents is 1. The summed E-state index contributed by atoms with van der Waals surface area (Å²) in [6, 6.07) is 8.85. The molecule has 0 amide bonds. The second-order valence-electron chi connectivity index (χ2n) is 4.41. The highest BCUT2D eigenvalue weighted by Gasteiger charge is 2.09. The lowest BCUT2D eigenvalue weighted by Gasteiger charge is -2.07. The first-order valence-electron chi connectivity index (χ1n) is 5.82. The first kappa shape index (κ1) is 12.4. The van der Waals surface area contributed by atoms with Gasteiger partial charge >= 0.3 is 5.97 Å². The van der Waals surface area contributed by atoms with E-state index in [1.807, 2.05) is 12.1 Å². The molecule has 0 spiro atoms. The Morgan fingerprint density at radius 3 is 2.83 bits per heavy atom. The average molecular weight is 245 g/mol. The molecule has 0 aliphatic carbocycles. The molecule has 2 aromatic rings. The minimum Gasteiger partial charge on any atom is -0.506 e. The Bertz CT molecular complexity index is 578. The summed E-state index contributed by atoms with van der Waals surface area (Å²) < 4.78 is 5.10. The molecule has 1 aromatic heterocycles. The molecule has 0 atom stereocenters. The van der Waals surface area contributed by atoms with Crippen LogP contribution >= 0.6 is 0 Å². The van der Waals surface area contributed by atoms with Crippen molar-refractivity contribution in [3.8, 4) is 5.75 Å². The van der Waals surface area contributed by atoms with E-state index < -0.39 is 0 Å². The molecule has 4 nitrogen and oxygen atoms in total. The number of benzene rings is 1. The van der Waals surface area contributed by atoms with Gasteiger partial charge in [0.15, 0.2) is 0 Å². The molecule has 1 N–H and O–H groups in total. The van der Waals surface area contributed by atoms with Crippen molar-refractivity contribution in [1.29, 1.82) is 0 Å². The fraction of sp³-hybridized carbons (Fsp3) is 0.286. The van der Waals surface area contributed by atoms with Crippen LogP contribution in [0.25, 0.3) is 10.9 Å². The molecule has 18 heavy (non-hydrogen) atoms. The summed E-state index contributed by atoms with van der Waals surface area (Å²) in [4.78, 5) is 15.6. The van der Waals surface area contributed by atoms with Crippen LogP contribution in [0.1, 0.15) is 19.5 Å². The highest BCUT2D eigenvalue weighted by molar-refractivity contribution is 5.84. The van der Waals surface area contributed by atoms with Crippen molar-refractivity contribution >= 4 is 16.9 Å². The first-order chi connectivity index (χ1) is 8.58. The second-order valence-corrected chi connectivity index (χ2v) is 4.41. The van der Waals surface area contributed by atoms with Crippen LogP contribution in [0.3, 0.4) is 0 Å². The van der Waals surface area contributed by atoms with E-state index in [1.165, 1.54) is 0 Å². The number of nitrogens with zero attached hydrogens (tertiary/aromatic N) is 1. The number of aromatic nitrogens is 1. The molecule has 2 rings (SSSR count). The molecule has 0 saturated heterocycles. The van der Waals surface area contributed by atoms with Crippen LogP contribution in [0, 0.1) is 5.92 Å². The van der Waals surface area contributed by atoms with Gasteiger partial charge in [0.1, 0.15) is 17.9 Å². The lowest BCUT2D eigenvalue weighted by atomic mass is 10.2. The van der Waals surface area contributed by atoms with Crippen molar-refractivity contribution in [2.24, 2.45) is 5.92 Å². The van der Waals surface area contributed by atoms with Gasteiger partial charge in [-0.25, -0.2) is 4.98 Å². The van der Waals surface area contributed by atoms with E-state index in [4.69, 9.17) is 4.74 Å². The number of pyridine rings is 1. The number of carbonyl (C=O) groups excluding carboxylic acids is 1. The smallest absolute Gasteiger partial charge is 0.308 e. The van der Waals surface area contributed by atoms with Crippen molar-refractivity contribution < 1.29 is 14.6 Å². The molecule has 1 aromatic carbocycles. The zero-order valence-corrected chi connectivity index (χ0v) is 10.4. The number of para-hydroxylation sites is 1. The largest absolute Gasteiger partial charge is 0.506 e. The zero-order chi connectivity index (χ0) is 13.1. The van der Waals surface area contributed by atoms with Crippen molar-refractivity contribution in [2.75, 3.05) is 0 Å². The molecular weight excluding hydrogens is 230 g/mol. The summed E-state index contributed by atoms with van der Waals surface area (Å²) in [6.45, 7) is 3.69. The van der Waals surface area contributed by atoms with E-state index >= 15 is 0 Å². The Balaban J connectivity index is 2.20. The fourth-order valence-electron chi connectivity index (χ4n) is 1.56. The number of aromatic hydroxyl groups is 1. The minimum atomic E-state index is -0.255. The van der Waals surface area contributed by atoms with Gasteiger partial charge in [-0.15, -0.1) is 0 Å². The fourth-order valence-corrected chi connectivity index (χ4v) is 1.56. The molecule has 0 aliphatic heterocycles. The third-order valence-corrected chi connectivity index (χ3v) is 2.59. The van der Waals surface area contributed by atoms with Gasteiger partial charge in [0.2, 0.25) is 0 Å². The van der Waals surface area contributed by atoms with E-state index in [0.29, 0.717) is 11.2 Å². The molecule has 4 heteroatoms. The zero-order valence-electron chi connectivity index (χ0n) is 10.4. The summed E-state index contributed by atoms with van der Waals surface area (Å²) in [6.07, 6.45) is 0. The Morgan fingerprint density at radius 1 is 1.33 bits per heavy atom. The van der Waals surface area contributed by atoms with Gasteiger partial charge in [-0.05, 0) is 12.1 Å². The predicted molar refractivity (Wildman–Crippen MR) is 68.0 cm³/mol. The molecule has 94 valence electrons. The van der Waals surface area contributed by atoms with Gasteiger partial charge in [-0.2, -0.15) is 0 Å². The quantitative estimate of drug-likeness (QED) is 0.844. The maximum Gasteiger partial charge on any atom is 0.308 e. The summed E-state index contributed by atoms with van der Waals surface area (Å²) in [5, 5.41) is 10.5. The predicted octanol–water partition coefficient (Wildman–Crippen LogP) is 2.64. The Morgan fingerprint density at radius 2 is 2.11 bits per heavy atom. The molecular formula is C14H15NO3. The van der Waals surface area contributed by atoms with Crippen LogP contribution in [-0.2, 0) is 16.1 Å². The number of phenols is 1. The summed E-state index contributed by atoms with van der Waals surface area (Å²) in [5.74, 6) is -0.280. The maximum absolute atomic E-state index is 11.3. The number of hydrogen-bond acceptors (Lipinski definition) is 4. The normalized spacial score (nSPS) is 10.8. The second kappa shape index (κ2) is 5.04. The topological polar surface area (TPSA) is 59.4 Å². The highest BCUT2D eigenvalue weighted by Crippen LogP contribution is 2.22.